The van der Waals surface area contributed by atoms with E-state index >= 15 is 0 Å². The van der Waals surface area contributed by atoms with Gasteiger partial charge in [-0.25, -0.2) is 4.98 Å². The third-order valence-corrected chi connectivity index (χ3v) is 5.35. The first-order valence-electron chi connectivity index (χ1n) is 9.20. The molecule has 130 valence electrons. The molecule has 1 fully saturated rings. The number of piperidine rings is 1. The SMILES string of the molecule is Cc1nc2c(-c3ccccc3)cnn2c(N2C[C@H](C)C[C@@H](C)C2)c1C. The van der Waals surface area contributed by atoms with E-state index in [1.807, 2.05) is 12.3 Å². The van der Waals surface area contributed by atoms with Crippen molar-refractivity contribution >= 4 is 11.5 Å². The molecule has 3 heterocycles. The number of nitrogens with zero attached hydrogens (tertiary/aromatic N) is 4. The molecule has 0 bridgehead atoms. The summed E-state index contributed by atoms with van der Waals surface area (Å²) in [6, 6.07) is 10.4. The number of hydrogen-bond donors (Lipinski definition) is 0. The second kappa shape index (κ2) is 6.17. The number of aromatic nitrogens is 3. The van der Waals surface area contributed by atoms with Gasteiger partial charge in [-0.3, -0.25) is 0 Å². The zero-order chi connectivity index (χ0) is 17.6. The van der Waals surface area contributed by atoms with Crippen molar-refractivity contribution in [3.63, 3.8) is 0 Å². The fourth-order valence-corrected chi connectivity index (χ4v) is 4.20. The predicted molar refractivity (Wildman–Crippen MR) is 103 cm³/mol. The lowest BCUT2D eigenvalue weighted by Crippen LogP contribution is -2.40. The smallest absolute Gasteiger partial charge is 0.165 e. The van der Waals surface area contributed by atoms with Gasteiger partial charge in [-0.1, -0.05) is 44.2 Å². The number of anilines is 1. The van der Waals surface area contributed by atoms with Gasteiger partial charge < -0.3 is 4.90 Å². The Morgan fingerprint density at radius 2 is 1.68 bits per heavy atom. The Morgan fingerprint density at radius 3 is 2.36 bits per heavy atom. The summed E-state index contributed by atoms with van der Waals surface area (Å²) in [5.74, 6) is 2.62. The summed E-state index contributed by atoms with van der Waals surface area (Å²) < 4.78 is 2.05. The van der Waals surface area contributed by atoms with E-state index in [1.54, 1.807) is 0 Å². The molecule has 0 saturated carbocycles. The summed E-state index contributed by atoms with van der Waals surface area (Å²) in [6.07, 6.45) is 3.26. The largest absolute Gasteiger partial charge is 0.356 e. The molecule has 1 saturated heterocycles. The molecular formula is C21H26N4. The van der Waals surface area contributed by atoms with E-state index in [-0.39, 0.29) is 0 Å². The van der Waals surface area contributed by atoms with Gasteiger partial charge in [0.25, 0.3) is 0 Å². The van der Waals surface area contributed by atoms with Crippen LogP contribution in [-0.4, -0.2) is 27.7 Å². The van der Waals surface area contributed by atoms with Crippen molar-refractivity contribution < 1.29 is 0 Å². The third kappa shape index (κ3) is 2.80. The minimum atomic E-state index is 0.704. The average molecular weight is 334 g/mol. The summed E-state index contributed by atoms with van der Waals surface area (Å²) in [6.45, 7) is 11.2. The van der Waals surface area contributed by atoms with Crippen molar-refractivity contribution in [2.45, 2.75) is 34.1 Å². The van der Waals surface area contributed by atoms with Crippen molar-refractivity contribution in [2.75, 3.05) is 18.0 Å². The Morgan fingerprint density at radius 1 is 1.00 bits per heavy atom. The van der Waals surface area contributed by atoms with Crippen LogP contribution in [0, 0.1) is 25.7 Å². The van der Waals surface area contributed by atoms with E-state index in [2.05, 4.69) is 61.4 Å². The maximum absolute atomic E-state index is 4.88. The molecule has 4 heteroatoms. The van der Waals surface area contributed by atoms with Gasteiger partial charge in [0.1, 0.15) is 5.82 Å². The summed E-state index contributed by atoms with van der Waals surface area (Å²) in [5.41, 5.74) is 5.54. The van der Waals surface area contributed by atoms with Crippen LogP contribution in [0.4, 0.5) is 5.82 Å². The molecule has 4 nitrogen and oxygen atoms in total. The monoisotopic (exact) mass is 334 g/mol. The molecule has 1 aliphatic rings. The van der Waals surface area contributed by atoms with Crippen LogP contribution in [-0.2, 0) is 0 Å². The van der Waals surface area contributed by atoms with E-state index in [0.717, 1.165) is 30.0 Å². The van der Waals surface area contributed by atoms with Crippen molar-refractivity contribution in [1.29, 1.82) is 0 Å². The van der Waals surface area contributed by atoms with Crippen LogP contribution in [0.15, 0.2) is 36.5 Å². The Bertz CT molecular complexity index is 887. The molecule has 0 aliphatic carbocycles. The molecule has 0 radical (unpaired) electrons. The number of benzene rings is 1. The van der Waals surface area contributed by atoms with Gasteiger partial charge in [0.2, 0.25) is 0 Å². The minimum absolute atomic E-state index is 0.704. The molecule has 25 heavy (non-hydrogen) atoms. The van der Waals surface area contributed by atoms with Gasteiger partial charge in [-0.15, -0.1) is 0 Å². The highest BCUT2D eigenvalue weighted by Crippen LogP contribution is 2.32. The lowest BCUT2D eigenvalue weighted by atomic mass is 9.91. The first-order chi connectivity index (χ1) is 12.0. The lowest BCUT2D eigenvalue weighted by molar-refractivity contribution is 0.354. The van der Waals surface area contributed by atoms with E-state index in [9.17, 15) is 0 Å². The maximum Gasteiger partial charge on any atom is 0.165 e. The lowest BCUT2D eigenvalue weighted by Gasteiger charge is -2.37. The van der Waals surface area contributed by atoms with Crippen LogP contribution in [0.25, 0.3) is 16.8 Å². The van der Waals surface area contributed by atoms with Gasteiger partial charge in [0.05, 0.1) is 6.20 Å². The molecule has 0 unspecified atom stereocenters. The molecule has 1 aliphatic heterocycles. The quantitative estimate of drug-likeness (QED) is 0.692. The maximum atomic E-state index is 4.88. The fourth-order valence-electron chi connectivity index (χ4n) is 4.20. The molecule has 4 rings (SSSR count). The average Bonchev–Trinajstić information content (AvgIpc) is 2.99. The second-order valence-corrected chi connectivity index (χ2v) is 7.66. The normalized spacial score (nSPS) is 21.0. The first-order valence-corrected chi connectivity index (χ1v) is 9.20. The highest BCUT2D eigenvalue weighted by atomic mass is 15.4. The minimum Gasteiger partial charge on any atom is -0.356 e. The highest BCUT2D eigenvalue weighted by molar-refractivity contribution is 5.78. The van der Waals surface area contributed by atoms with Crippen molar-refractivity contribution in [3.05, 3.63) is 47.8 Å². The van der Waals surface area contributed by atoms with Gasteiger partial charge in [0.15, 0.2) is 5.65 Å². The van der Waals surface area contributed by atoms with Crippen LogP contribution in [0.5, 0.6) is 0 Å². The zero-order valence-corrected chi connectivity index (χ0v) is 15.5. The molecular weight excluding hydrogens is 308 g/mol. The van der Waals surface area contributed by atoms with Crippen molar-refractivity contribution in [1.82, 2.24) is 14.6 Å². The Hall–Kier alpha value is -2.36. The number of hydrogen-bond acceptors (Lipinski definition) is 3. The van der Waals surface area contributed by atoms with Crippen LogP contribution >= 0.6 is 0 Å². The van der Waals surface area contributed by atoms with Crippen LogP contribution in [0.3, 0.4) is 0 Å². The predicted octanol–water partition coefficient (Wildman–Crippen LogP) is 4.50. The zero-order valence-electron chi connectivity index (χ0n) is 15.5. The molecule has 3 aromatic rings. The van der Waals surface area contributed by atoms with Gasteiger partial charge in [-0.05, 0) is 37.7 Å². The van der Waals surface area contributed by atoms with E-state index < -0.39 is 0 Å². The second-order valence-electron chi connectivity index (χ2n) is 7.66. The summed E-state index contributed by atoms with van der Waals surface area (Å²) in [5, 5.41) is 4.73. The van der Waals surface area contributed by atoms with Crippen LogP contribution in [0.1, 0.15) is 31.5 Å². The topological polar surface area (TPSA) is 33.4 Å². The van der Waals surface area contributed by atoms with E-state index in [1.165, 1.54) is 23.4 Å². The first kappa shape index (κ1) is 16.1. The third-order valence-electron chi connectivity index (χ3n) is 5.35. The standard InChI is InChI=1S/C21H26N4/c1-14-10-15(2)13-24(12-14)21-16(3)17(4)23-20-19(11-22-25(20)21)18-8-6-5-7-9-18/h5-9,11,14-15H,10,12-13H2,1-4H3/t14-,15-/m1/s1. The molecule has 0 N–H and O–H groups in total. The van der Waals surface area contributed by atoms with Gasteiger partial charge in [0, 0.05) is 29.9 Å². The number of rotatable bonds is 2. The van der Waals surface area contributed by atoms with E-state index in [0.29, 0.717) is 11.8 Å². The van der Waals surface area contributed by atoms with Gasteiger partial charge in [-0.2, -0.15) is 9.61 Å². The van der Waals surface area contributed by atoms with Gasteiger partial charge >= 0.3 is 0 Å². The Balaban J connectivity index is 1.90. The molecule has 2 atom stereocenters. The van der Waals surface area contributed by atoms with E-state index in [4.69, 9.17) is 10.1 Å². The fraction of sp³-hybridized carbons (Fsp3) is 0.429. The number of aryl methyl sites for hydroxylation is 1. The van der Waals surface area contributed by atoms with Crippen LogP contribution in [0.2, 0.25) is 0 Å². The van der Waals surface area contributed by atoms with Crippen molar-refractivity contribution in [2.24, 2.45) is 11.8 Å². The Labute approximate surface area is 149 Å². The molecule has 2 aromatic heterocycles. The Kier molecular flexibility index (Phi) is 3.98. The summed E-state index contributed by atoms with van der Waals surface area (Å²) in [7, 11) is 0. The molecule has 0 amide bonds. The summed E-state index contributed by atoms with van der Waals surface area (Å²) >= 11 is 0. The highest BCUT2D eigenvalue weighted by Gasteiger charge is 2.26. The number of fused-ring (bicyclic) bond motifs is 1. The molecule has 0 spiro atoms. The van der Waals surface area contributed by atoms with Crippen LogP contribution < -0.4 is 4.90 Å². The summed E-state index contributed by atoms with van der Waals surface area (Å²) in [4.78, 5) is 7.39. The molecule has 1 aromatic carbocycles. The van der Waals surface area contributed by atoms with Crippen molar-refractivity contribution in [3.8, 4) is 11.1 Å².